The van der Waals surface area contributed by atoms with Gasteiger partial charge in [-0.1, -0.05) is 11.6 Å². The smallest absolute Gasteiger partial charge is 0.354 e. The van der Waals surface area contributed by atoms with Crippen molar-refractivity contribution in [1.29, 1.82) is 0 Å². The van der Waals surface area contributed by atoms with Gasteiger partial charge in [-0.3, -0.25) is 0 Å². The van der Waals surface area contributed by atoms with Gasteiger partial charge in [0.25, 0.3) is 0 Å². The molecule has 0 aliphatic heterocycles. The number of nitrogens with one attached hydrogen (secondary N) is 1. The molecular formula is C12H7ClF2N2O2. The van der Waals surface area contributed by atoms with Crippen LogP contribution in [0.4, 0.5) is 20.2 Å². The lowest BCUT2D eigenvalue weighted by molar-refractivity contribution is 0.0690. The maximum Gasteiger partial charge on any atom is 0.354 e. The molecule has 1 aromatic carbocycles. The number of carbonyl (C=O) groups is 1. The molecule has 0 unspecified atom stereocenters. The van der Waals surface area contributed by atoms with E-state index in [2.05, 4.69) is 10.3 Å². The van der Waals surface area contributed by atoms with Gasteiger partial charge in [0.05, 0.1) is 10.7 Å². The molecule has 0 saturated carbocycles. The van der Waals surface area contributed by atoms with Gasteiger partial charge in [0, 0.05) is 18.0 Å². The average molecular weight is 285 g/mol. The summed E-state index contributed by atoms with van der Waals surface area (Å²) in [7, 11) is 0. The number of aromatic carboxylic acids is 1. The predicted molar refractivity (Wildman–Crippen MR) is 65.8 cm³/mol. The van der Waals surface area contributed by atoms with Crippen LogP contribution in [-0.2, 0) is 0 Å². The number of anilines is 2. The van der Waals surface area contributed by atoms with Gasteiger partial charge in [-0.25, -0.2) is 18.6 Å². The first kappa shape index (κ1) is 13.2. The van der Waals surface area contributed by atoms with Crippen LogP contribution in [0.3, 0.4) is 0 Å². The molecule has 2 rings (SSSR count). The van der Waals surface area contributed by atoms with Crippen LogP contribution in [0, 0.1) is 11.6 Å². The fourth-order valence-electron chi connectivity index (χ4n) is 1.43. The first-order chi connectivity index (χ1) is 8.97. The van der Waals surface area contributed by atoms with Gasteiger partial charge in [-0.2, -0.15) is 0 Å². The van der Waals surface area contributed by atoms with E-state index in [0.29, 0.717) is 6.07 Å². The second-order valence-corrected chi connectivity index (χ2v) is 4.01. The molecule has 1 aromatic heterocycles. The van der Waals surface area contributed by atoms with E-state index in [9.17, 15) is 13.6 Å². The van der Waals surface area contributed by atoms with E-state index in [1.54, 1.807) is 0 Å². The van der Waals surface area contributed by atoms with Crippen molar-refractivity contribution >= 4 is 28.9 Å². The number of pyridine rings is 1. The van der Waals surface area contributed by atoms with E-state index in [1.807, 2.05) is 0 Å². The molecule has 0 amide bonds. The highest BCUT2D eigenvalue weighted by Gasteiger charge is 2.11. The topological polar surface area (TPSA) is 62.2 Å². The minimum atomic E-state index is -1.21. The van der Waals surface area contributed by atoms with E-state index < -0.39 is 17.6 Å². The summed E-state index contributed by atoms with van der Waals surface area (Å²) in [5.41, 5.74) is -0.0611. The standard InChI is InChI=1S/C12H7ClF2N2O2/c13-8-3-6(14)4-9(15)11(8)17-7-1-2-16-10(5-7)12(18)19/h1-5H,(H,16,17)(H,18,19). The van der Waals surface area contributed by atoms with Crippen LogP contribution in [0.1, 0.15) is 10.5 Å². The summed E-state index contributed by atoms with van der Waals surface area (Å²) in [6.45, 7) is 0. The minimum Gasteiger partial charge on any atom is -0.477 e. The second kappa shape index (κ2) is 5.19. The third-order valence-corrected chi connectivity index (χ3v) is 2.55. The Morgan fingerprint density at radius 1 is 1.32 bits per heavy atom. The number of hydrogen-bond donors (Lipinski definition) is 2. The number of rotatable bonds is 3. The largest absolute Gasteiger partial charge is 0.477 e. The zero-order chi connectivity index (χ0) is 14.0. The van der Waals surface area contributed by atoms with Crippen LogP contribution >= 0.6 is 11.6 Å². The molecular weight excluding hydrogens is 278 g/mol. The van der Waals surface area contributed by atoms with Crippen LogP contribution in [-0.4, -0.2) is 16.1 Å². The monoisotopic (exact) mass is 284 g/mol. The second-order valence-electron chi connectivity index (χ2n) is 3.60. The molecule has 0 bridgehead atoms. The van der Waals surface area contributed by atoms with E-state index in [-0.39, 0.29) is 22.1 Å². The van der Waals surface area contributed by atoms with E-state index >= 15 is 0 Å². The Kier molecular flexibility index (Phi) is 3.62. The van der Waals surface area contributed by atoms with Crippen molar-refractivity contribution in [2.75, 3.05) is 5.32 Å². The lowest BCUT2D eigenvalue weighted by Gasteiger charge is -2.10. The van der Waals surface area contributed by atoms with E-state index in [1.165, 1.54) is 18.3 Å². The zero-order valence-electron chi connectivity index (χ0n) is 9.32. The summed E-state index contributed by atoms with van der Waals surface area (Å²) < 4.78 is 26.4. The van der Waals surface area contributed by atoms with Gasteiger partial charge in [-0.05, 0) is 18.2 Å². The van der Waals surface area contributed by atoms with Crippen molar-refractivity contribution < 1.29 is 18.7 Å². The molecule has 98 valence electrons. The Morgan fingerprint density at radius 3 is 2.68 bits per heavy atom. The SMILES string of the molecule is O=C(O)c1cc(Nc2c(F)cc(F)cc2Cl)ccn1. The Bertz CT molecular complexity index is 626. The number of carboxylic acids is 1. The van der Waals surface area contributed by atoms with E-state index in [4.69, 9.17) is 16.7 Å². The van der Waals surface area contributed by atoms with Crippen LogP contribution in [0.5, 0.6) is 0 Å². The highest BCUT2D eigenvalue weighted by molar-refractivity contribution is 6.33. The summed E-state index contributed by atoms with van der Waals surface area (Å²) in [6, 6.07) is 4.27. The molecule has 2 aromatic rings. The zero-order valence-corrected chi connectivity index (χ0v) is 10.1. The van der Waals surface area contributed by atoms with Gasteiger partial charge in [0.1, 0.15) is 11.5 Å². The van der Waals surface area contributed by atoms with Crippen molar-refractivity contribution in [3.05, 3.63) is 52.8 Å². The van der Waals surface area contributed by atoms with Crippen molar-refractivity contribution in [3.63, 3.8) is 0 Å². The van der Waals surface area contributed by atoms with Crippen molar-refractivity contribution in [2.45, 2.75) is 0 Å². The maximum atomic E-state index is 13.5. The Hall–Kier alpha value is -2.21. The van der Waals surface area contributed by atoms with Crippen molar-refractivity contribution in [2.24, 2.45) is 0 Å². The number of carboxylic acid groups (broad SMARTS) is 1. The summed E-state index contributed by atoms with van der Waals surface area (Å²) in [5, 5.41) is 11.2. The van der Waals surface area contributed by atoms with Crippen LogP contribution in [0.25, 0.3) is 0 Å². The van der Waals surface area contributed by atoms with E-state index in [0.717, 1.165) is 6.07 Å². The molecule has 7 heteroatoms. The number of hydrogen-bond acceptors (Lipinski definition) is 3. The average Bonchev–Trinajstić information content (AvgIpc) is 2.34. The van der Waals surface area contributed by atoms with Crippen LogP contribution in [0.15, 0.2) is 30.5 Å². The number of aromatic nitrogens is 1. The molecule has 0 atom stereocenters. The molecule has 0 saturated heterocycles. The third-order valence-electron chi connectivity index (χ3n) is 2.26. The molecule has 1 heterocycles. The molecule has 0 aliphatic rings. The Morgan fingerprint density at radius 2 is 2.05 bits per heavy atom. The van der Waals surface area contributed by atoms with Gasteiger partial charge >= 0.3 is 5.97 Å². The number of halogens is 3. The maximum absolute atomic E-state index is 13.5. The third kappa shape index (κ3) is 2.97. The summed E-state index contributed by atoms with van der Waals surface area (Å²) in [4.78, 5) is 14.4. The van der Waals surface area contributed by atoms with Gasteiger partial charge in [-0.15, -0.1) is 0 Å². The molecule has 2 N–H and O–H groups in total. The first-order valence-corrected chi connectivity index (χ1v) is 5.46. The molecule has 0 radical (unpaired) electrons. The van der Waals surface area contributed by atoms with Gasteiger partial charge in [0.2, 0.25) is 0 Å². The fourth-order valence-corrected chi connectivity index (χ4v) is 1.67. The molecule has 19 heavy (non-hydrogen) atoms. The lowest BCUT2D eigenvalue weighted by Crippen LogP contribution is -2.02. The number of nitrogens with zero attached hydrogens (tertiary/aromatic N) is 1. The van der Waals surface area contributed by atoms with Gasteiger partial charge in [0.15, 0.2) is 5.82 Å². The highest BCUT2D eigenvalue weighted by atomic mass is 35.5. The number of benzene rings is 1. The summed E-state index contributed by atoms with van der Waals surface area (Å²) in [5.74, 6) is -2.89. The normalized spacial score (nSPS) is 10.3. The highest BCUT2D eigenvalue weighted by Crippen LogP contribution is 2.29. The van der Waals surface area contributed by atoms with Crippen molar-refractivity contribution in [1.82, 2.24) is 4.98 Å². The molecule has 4 nitrogen and oxygen atoms in total. The van der Waals surface area contributed by atoms with Gasteiger partial charge < -0.3 is 10.4 Å². The summed E-state index contributed by atoms with van der Waals surface area (Å²) >= 11 is 5.71. The molecule has 0 spiro atoms. The minimum absolute atomic E-state index is 0.134. The van der Waals surface area contributed by atoms with Crippen LogP contribution < -0.4 is 5.32 Å². The predicted octanol–water partition coefficient (Wildman–Crippen LogP) is 3.46. The quantitative estimate of drug-likeness (QED) is 0.906. The van der Waals surface area contributed by atoms with Crippen molar-refractivity contribution in [3.8, 4) is 0 Å². The Balaban J connectivity index is 2.36. The summed E-state index contributed by atoms with van der Waals surface area (Å²) in [6.07, 6.45) is 1.25. The first-order valence-electron chi connectivity index (χ1n) is 5.08. The molecule has 0 fully saturated rings. The lowest BCUT2D eigenvalue weighted by atomic mass is 10.2. The Labute approximate surface area is 111 Å². The fraction of sp³-hybridized carbons (Fsp3) is 0. The van der Waals surface area contributed by atoms with Crippen LogP contribution in [0.2, 0.25) is 5.02 Å². The molecule has 0 aliphatic carbocycles.